The highest BCUT2D eigenvalue weighted by atomic mass is 32.2. The third-order valence-electron chi connectivity index (χ3n) is 3.37. The normalized spacial score (nSPS) is 18.1. The van der Waals surface area contributed by atoms with Crippen molar-refractivity contribution in [1.82, 2.24) is 0 Å². The number of sulfonamides is 1. The van der Waals surface area contributed by atoms with E-state index >= 15 is 0 Å². The largest absolute Gasteiger partial charge is 0.460 e. The Morgan fingerprint density at radius 2 is 2.22 bits per heavy atom. The van der Waals surface area contributed by atoms with E-state index in [2.05, 4.69) is 4.40 Å². The predicted molar refractivity (Wildman–Crippen MR) is 87.6 cm³/mol. The average Bonchev–Trinajstić information content (AvgIpc) is 2.86. The Kier molecular flexibility index (Phi) is 4.60. The lowest BCUT2D eigenvalue weighted by atomic mass is 10.2. The van der Waals surface area contributed by atoms with Crippen LogP contribution in [0.3, 0.4) is 0 Å². The zero-order valence-corrected chi connectivity index (χ0v) is 14.2. The van der Waals surface area contributed by atoms with Crippen molar-refractivity contribution in [3.63, 3.8) is 0 Å². The number of ether oxygens (including phenoxy) is 2. The van der Waals surface area contributed by atoms with Crippen LogP contribution in [0.1, 0.15) is 17.3 Å². The summed E-state index contributed by atoms with van der Waals surface area (Å²) in [5, 5.41) is 0.438. The molecule has 0 bridgehead atoms. The highest BCUT2D eigenvalue weighted by molar-refractivity contribution is 8.15. The second-order valence-electron chi connectivity index (χ2n) is 4.93. The van der Waals surface area contributed by atoms with Gasteiger partial charge in [0.05, 0.1) is 23.6 Å². The molecule has 0 aliphatic carbocycles. The summed E-state index contributed by atoms with van der Waals surface area (Å²) in [5.74, 6) is -0.426. The van der Waals surface area contributed by atoms with E-state index in [1.54, 1.807) is 18.2 Å². The summed E-state index contributed by atoms with van der Waals surface area (Å²) in [4.78, 5) is 14.7. The van der Waals surface area contributed by atoms with Gasteiger partial charge in [0, 0.05) is 18.0 Å². The Hall–Kier alpha value is -1.58. The maximum Gasteiger partial charge on any atom is 0.338 e. The maximum atomic E-state index is 12.0. The van der Waals surface area contributed by atoms with Gasteiger partial charge in [0.2, 0.25) is 0 Å². The molecule has 0 fully saturated rings. The molecule has 0 atom stereocenters. The molecule has 1 aromatic carbocycles. The number of thioether (sulfide) groups is 1. The summed E-state index contributed by atoms with van der Waals surface area (Å²) in [6, 6.07) is 5.17. The Morgan fingerprint density at radius 1 is 1.39 bits per heavy atom. The van der Waals surface area contributed by atoms with Gasteiger partial charge in [-0.3, -0.25) is 0 Å². The van der Waals surface area contributed by atoms with Crippen LogP contribution in [0.4, 0.5) is 5.69 Å². The molecule has 9 heteroatoms. The van der Waals surface area contributed by atoms with Crippen LogP contribution in [0.2, 0.25) is 0 Å². The molecular weight excluding hydrogens is 340 g/mol. The van der Waals surface area contributed by atoms with Crippen molar-refractivity contribution in [2.75, 3.05) is 37.0 Å². The molecule has 7 nitrogen and oxygen atoms in total. The lowest BCUT2D eigenvalue weighted by Gasteiger charge is -2.22. The number of amidine groups is 1. The number of carbonyl (C=O) groups excluding carboxylic acids is 1. The van der Waals surface area contributed by atoms with Gasteiger partial charge in [0.25, 0.3) is 10.0 Å². The van der Waals surface area contributed by atoms with Crippen LogP contribution >= 0.6 is 11.8 Å². The molecule has 0 aromatic heterocycles. The summed E-state index contributed by atoms with van der Waals surface area (Å²) >= 11 is 1.25. The molecule has 1 aromatic rings. The average molecular weight is 356 g/mol. The highest BCUT2D eigenvalue weighted by Crippen LogP contribution is 2.42. The SMILES string of the molecule is CCOCCOC(=O)c1ccc2c(c1)SC1=NS(=O)(=O)CCN12. The van der Waals surface area contributed by atoms with Crippen molar-refractivity contribution >= 4 is 38.6 Å². The Morgan fingerprint density at radius 3 is 3.00 bits per heavy atom. The molecule has 0 saturated carbocycles. The van der Waals surface area contributed by atoms with Crippen LogP contribution in [0, 0.1) is 0 Å². The highest BCUT2D eigenvalue weighted by Gasteiger charge is 2.33. The van der Waals surface area contributed by atoms with E-state index < -0.39 is 16.0 Å². The molecule has 0 radical (unpaired) electrons. The van der Waals surface area contributed by atoms with E-state index in [1.807, 2.05) is 11.8 Å². The summed E-state index contributed by atoms with van der Waals surface area (Å²) in [5.41, 5.74) is 1.30. The van der Waals surface area contributed by atoms with Crippen molar-refractivity contribution in [2.24, 2.45) is 4.40 Å². The Bertz CT molecular complexity index is 760. The first-order valence-electron chi connectivity index (χ1n) is 7.17. The van der Waals surface area contributed by atoms with E-state index in [-0.39, 0.29) is 12.4 Å². The van der Waals surface area contributed by atoms with Crippen LogP contribution in [-0.4, -0.2) is 51.7 Å². The molecule has 3 rings (SSSR count). The standard InChI is InChI=1S/C14H16N2O5S2/c1-2-20-6-7-21-13(17)10-3-4-11-12(9-10)22-14-15-23(18,19)8-5-16(11)14/h3-4,9H,2,5-8H2,1H3. The number of benzene rings is 1. The smallest absolute Gasteiger partial charge is 0.338 e. The van der Waals surface area contributed by atoms with Gasteiger partial charge in [0.1, 0.15) is 6.61 Å². The van der Waals surface area contributed by atoms with E-state index in [0.717, 1.165) is 10.6 Å². The number of carbonyl (C=O) groups is 1. The summed E-state index contributed by atoms with van der Waals surface area (Å²) in [6.45, 7) is 3.39. The van der Waals surface area contributed by atoms with Gasteiger partial charge in [0.15, 0.2) is 5.17 Å². The molecular formula is C14H16N2O5S2. The number of hydrogen-bond acceptors (Lipinski definition) is 7. The zero-order chi connectivity index (χ0) is 16.4. The number of nitrogens with zero attached hydrogens (tertiary/aromatic N) is 2. The van der Waals surface area contributed by atoms with Crippen molar-refractivity contribution in [2.45, 2.75) is 11.8 Å². The molecule has 0 saturated heterocycles. The van der Waals surface area contributed by atoms with Gasteiger partial charge in [-0.25, -0.2) is 13.2 Å². The van der Waals surface area contributed by atoms with E-state index in [9.17, 15) is 13.2 Å². The monoisotopic (exact) mass is 356 g/mol. The predicted octanol–water partition coefficient (Wildman–Crippen LogP) is 1.49. The van der Waals surface area contributed by atoms with Crippen LogP contribution < -0.4 is 4.90 Å². The van der Waals surface area contributed by atoms with E-state index in [1.165, 1.54) is 11.8 Å². The Balaban J connectivity index is 1.74. The summed E-state index contributed by atoms with van der Waals surface area (Å²) < 4.78 is 37.2. The van der Waals surface area contributed by atoms with Crippen LogP contribution in [-0.2, 0) is 19.5 Å². The van der Waals surface area contributed by atoms with Gasteiger partial charge in [-0.1, -0.05) is 0 Å². The lowest BCUT2D eigenvalue weighted by Crippen LogP contribution is -2.35. The molecule has 2 aliphatic heterocycles. The van der Waals surface area contributed by atoms with Gasteiger partial charge in [-0.15, -0.1) is 4.40 Å². The number of rotatable bonds is 5. The minimum atomic E-state index is -3.38. The minimum Gasteiger partial charge on any atom is -0.460 e. The Labute approximate surface area is 138 Å². The molecule has 2 heterocycles. The first kappa shape index (κ1) is 16.3. The first-order valence-corrected chi connectivity index (χ1v) is 9.59. The summed E-state index contributed by atoms with van der Waals surface area (Å²) in [6.07, 6.45) is 0. The van der Waals surface area contributed by atoms with Crippen molar-refractivity contribution in [3.8, 4) is 0 Å². The van der Waals surface area contributed by atoms with Crippen LogP contribution in [0.25, 0.3) is 0 Å². The van der Waals surface area contributed by atoms with Gasteiger partial charge < -0.3 is 14.4 Å². The second-order valence-corrected chi connectivity index (χ2v) is 7.69. The van der Waals surface area contributed by atoms with E-state index in [0.29, 0.717) is 30.5 Å². The number of fused-ring (bicyclic) bond motifs is 3. The van der Waals surface area contributed by atoms with Gasteiger partial charge >= 0.3 is 5.97 Å². The van der Waals surface area contributed by atoms with Gasteiger partial charge in [-0.05, 0) is 36.9 Å². The van der Waals surface area contributed by atoms with Crippen LogP contribution in [0.5, 0.6) is 0 Å². The van der Waals surface area contributed by atoms with Crippen LogP contribution in [0.15, 0.2) is 27.5 Å². The number of hydrogen-bond donors (Lipinski definition) is 0. The minimum absolute atomic E-state index is 0.00226. The van der Waals surface area contributed by atoms with Gasteiger partial charge in [-0.2, -0.15) is 0 Å². The number of anilines is 1. The molecule has 124 valence electrons. The lowest BCUT2D eigenvalue weighted by molar-refractivity contribution is 0.0335. The topological polar surface area (TPSA) is 85.3 Å². The summed E-state index contributed by atoms with van der Waals surface area (Å²) in [7, 11) is -3.38. The second kappa shape index (κ2) is 6.50. The number of esters is 1. The maximum absolute atomic E-state index is 12.0. The van der Waals surface area contributed by atoms with Crippen molar-refractivity contribution in [1.29, 1.82) is 0 Å². The fourth-order valence-electron chi connectivity index (χ4n) is 2.28. The third kappa shape index (κ3) is 3.51. The molecule has 0 amide bonds. The molecule has 0 spiro atoms. The fraction of sp³-hybridized carbons (Fsp3) is 0.429. The quantitative estimate of drug-likeness (QED) is 0.584. The third-order valence-corrected chi connectivity index (χ3v) is 5.68. The molecule has 0 unspecified atom stereocenters. The molecule has 2 aliphatic rings. The van der Waals surface area contributed by atoms with Crippen molar-refractivity contribution < 1.29 is 22.7 Å². The zero-order valence-electron chi connectivity index (χ0n) is 12.5. The first-order chi connectivity index (χ1) is 11.0. The van der Waals surface area contributed by atoms with Crippen molar-refractivity contribution in [3.05, 3.63) is 23.8 Å². The molecule has 23 heavy (non-hydrogen) atoms. The molecule has 0 N–H and O–H groups in total. The van der Waals surface area contributed by atoms with E-state index in [4.69, 9.17) is 9.47 Å². The fourth-order valence-corrected chi connectivity index (χ4v) is 4.57.